The number of nitrogens with one attached hydrogen (secondary N) is 2. The molecule has 0 saturated heterocycles. The fraction of sp³-hybridized carbons (Fsp3) is 0.0833. The lowest BCUT2D eigenvalue weighted by Crippen LogP contribution is -2.15. The van der Waals surface area contributed by atoms with Crippen LogP contribution < -0.4 is 16.0 Å². The van der Waals surface area contributed by atoms with E-state index in [0.717, 1.165) is 10.0 Å². The lowest BCUT2D eigenvalue weighted by molar-refractivity contribution is 0.601. The van der Waals surface area contributed by atoms with Gasteiger partial charge in [0.25, 0.3) is 10.0 Å². The van der Waals surface area contributed by atoms with Crippen LogP contribution >= 0.6 is 27.5 Å². The monoisotopic (exact) mass is 390 g/mol. The van der Waals surface area contributed by atoms with Crippen LogP contribution in [-0.4, -0.2) is 13.4 Å². The van der Waals surface area contributed by atoms with Gasteiger partial charge in [-0.3, -0.25) is 4.72 Å². The molecule has 21 heavy (non-hydrogen) atoms. The van der Waals surface area contributed by atoms with Gasteiger partial charge in [-0.1, -0.05) is 33.6 Å². The lowest BCUT2D eigenvalue weighted by Gasteiger charge is -2.10. The SMILES string of the molecule is Cc1ccc(NS(=O)(=O)c2cnc(NN)c(Cl)c2)cc1Br. The lowest BCUT2D eigenvalue weighted by atomic mass is 10.2. The Morgan fingerprint density at radius 3 is 2.62 bits per heavy atom. The molecule has 9 heteroatoms. The number of hydrazine groups is 1. The number of rotatable bonds is 4. The third-order valence-electron chi connectivity index (χ3n) is 2.69. The van der Waals surface area contributed by atoms with Crippen molar-refractivity contribution in [2.45, 2.75) is 11.8 Å². The van der Waals surface area contributed by atoms with Crippen molar-refractivity contribution in [1.82, 2.24) is 4.98 Å². The molecule has 112 valence electrons. The standard InChI is InChI=1S/C12H12BrClN4O2S/c1-7-2-3-8(4-10(7)13)18-21(19,20)9-5-11(14)12(17-15)16-6-9/h2-6,18H,15H2,1H3,(H,16,17). The van der Waals surface area contributed by atoms with Crippen LogP contribution in [0.15, 0.2) is 39.8 Å². The number of anilines is 2. The summed E-state index contributed by atoms with van der Waals surface area (Å²) >= 11 is 9.23. The predicted octanol–water partition coefficient (Wildman–Crippen LogP) is 2.89. The van der Waals surface area contributed by atoms with E-state index in [4.69, 9.17) is 17.4 Å². The van der Waals surface area contributed by atoms with Crippen molar-refractivity contribution in [2.24, 2.45) is 5.84 Å². The first-order valence-corrected chi connectivity index (χ1v) is 8.40. The molecule has 0 fully saturated rings. The molecule has 0 spiro atoms. The summed E-state index contributed by atoms with van der Waals surface area (Å²) < 4.78 is 27.8. The van der Waals surface area contributed by atoms with Crippen LogP contribution in [0, 0.1) is 6.92 Å². The van der Waals surface area contributed by atoms with E-state index in [9.17, 15) is 8.42 Å². The van der Waals surface area contributed by atoms with Crippen LogP contribution in [-0.2, 0) is 10.0 Å². The second-order valence-corrected chi connectivity index (χ2v) is 7.16. The molecule has 6 nitrogen and oxygen atoms in total. The van der Waals surface area contributed by atoms with Crippen LogP contribution in [0.3, 0.4) is 0 Å². The predicted molar refractivity (Wildman–Crippen MR) is 86.7 cm³/mol. The molecule has 1 aromatic heterocycles. The van der Waals surface area contributed by atoms with Gasteiger partial charge in [0.2, 0.25) is 0 Å². The average molecular weight is 392 g/mol. The smallest absolute Gasteiger partial charge is 0.263 e. The minimum atomic E-state index is -3.78. The summed E-state index contributed by atoms with van der Waals surface area (Å²) in [6.07, 6.45) is 1.17. The van der Waals surface area contributed by atoms with Gasteiger partial charge in [-0.15, -0.1) is 0 Å². The Morgan fingerprint density at radius 2 is 2.05 bits per heavy atom. The van der Waals surface area contributed by atoms with Crippen LogP contribution in [0.1, 0.15) is 5.56 Å². The molecule has 0 unspecified atom stereocenters. The molecular formula is C12H12BrClN4O2S. The topological polar surface area (TPSA) is 97.1 Å². The Hall–Kier alpha value is -1.35. The Morgan fingerprint density at radius 1 is 1.33 bits per heavy atom. The first kappa shape index (κ1) is 16.0. The molecule has 1 aromatic carbocycles. The van der Waals surface area contributed by atoms with Crippen molar-refractivity contribution >= 4 is 49.1 Å². The molecule has 0 radical (unpaired) electrons. The van der Waals surface area contributed by atoms with Crippen LogP contribution in [0.5, 0.6) is 0 Å². The van der Waals surface area contributed by atoms with Gasteiger partial charge in [-0.25, -0.2) is 19.2 Å². The Balaban J connectivity index is 2.33. The van der Waals surface area contributed by atoms with Crippen molar-refractivity contribution in [3.05, 3.63) is 45.5 Å². The second-order valence-electron chi connectivity index (χ2n) is 4.22. The molecule has 0 atom stereocenters. The third kappa shape index (κ3) is 3.65. The van der Waals surface area contributed by atoms with Gasteiger partial charge in [-0.2, -0.15) is 0 Å². The van der Waals surface area contributed by atoms with Gasteiger partial charge < -0.3 is 5.43 Å². The zero-order valence-electron chi connectivity index (χ0n) is 10.9. The van der Waals surface area contributed by atoms with E-state index in [0.29, 0.717) is 5.69 Å². The molecule has 0 aliphatic rings. The van der Waals surface area contributed by atoms with Crippen molar-refractivity contribution < 1.29 is 8.42 Å². The number of benzene rings is 1. The van der Waals surface area contributed by atoms with Gasteiger partial charge in [0, 0.05) is 16.4 Å². The molecule has 0 bridgehead atoms. The fourth-order valence-corrected chi connectivity index (χ4v) is 3.23. The summed E-state index contributed by atoms with van der Waals surface area (Å²) in [6.45, 7) is 1.91. The van der Waals surface area contributed by atoms with E-state index in [1.807, 2.05) is 6.92 Å². The van der Waals surface area contributed by atoms with Crippen molar-refractivity contribution in [3.63, 3.8) is 0 Å². The highest BCUT2D eigenvalue weighted by molar-refractivity contribution is 9.10. The van der Waals surface area contributed by atoms with Gasteiger partial charge in [0.1, 0.15) is 4.90 Å². The average Bonchev–Trinajstić information content (AvgIpc) is 2.42. The number of nitrogens with zero attached hydrogens (tertiary/aromatic N) is 1. The van der Waals surface area contributed by atoms with Gasteiger partial charge in [-0.05, 0) is 30.7 Å². The summed E-state index contributed by atoms with van der Waals surface area (Å²) in [5.74, 6) is 5.40. The summed E-state index contributed by atoms with van der Waals surface area (Å²) in [4.78, 5) is 3.79. The highest BCUT2D eigenvalue weighted by Gasteiger charge is 2.17. The molecule has 0 saturated carbocycles. The van der Waals surface area contributed by atoms with Crippen LogP contribution in [0.4, 0.5) is 11.5 Å². The minimum absolute atomic E-state index is 0.0526. The van der Waals surface area contributed by atoms with Crippen molar-refractivity contribution in [1.29, 1.82) is 0 Å². The fourth-order valence-electron chi connectivity index (χ4n) is 1.54. The number of sulfonamides is 1. The van der Waals surface area contributed by atoms with E-state index >= 15 is 0 Å². The van der Waals surface area contributed by atoms with E-state index in [1.165, 1.54) is 12.3 Å². The van der Waals surface area contributed by atoms with E-state index in [1.54, 1.807) is 18.2 Å². The molecule has 0 amide bonds. The van der Waals surface area contributed by atoms with E-state index < -0.39 is 10.0 Å². The number of hydrogen-bond acceptors (Lipinski definition) is 5. The molecule has 2 aromatic rings. The van der Waals surface area contributed by atoms with Crippen LogP contribution in [0.25, 0.3) is 0 Å². The Bertz CT molecular complexity index is 783. The van der Waals surface area contributed by atoms with Crippen molar-refractivity contribution in [2.75, 3.05) is 10.1 Å². The minimum Gasteiger partial charge on any atom is -0.307 e. The highest BCUT2D eigenvalue weighted by atomic mass is 79.9. The molecule has 1 heterocycles. The number of nitrogens with two attached hydrogens (primary N) is 1. The van der Waals surface area contributed by atoms with E-state index in [2.05, 4.69) is 31.1 Å². The Labute approximate surface area is 135 Å². The van der Waals surface area contributed by atoms with Crippen LogP contribution in [0.2, 0.25) is 5.02 Å². The summed E-state index contributed by atoms with van der Waals surface area (Å²) in [7, 11) is -3.78. The maximum atomic E-state index is 12.3. The zero-order valence-corrected chi connectivity index (χ0v) is 14.1. The normalized spacial score (nSPS) is 11.2. The second kappa shape index (κ2) is 6.18. The molecule has 2 rings (SSSR count). The number of pyridine rings is 1. The molecule has 0 aliphatic heterocycles. The third-order valence-corrected chi connectivity index (χ3v) is 5.18. The van der Waals surface area contributed by atoms with Gasteiger partial charge in [0.15, 0.2) is 5.82 Å². The zero-order chi connectivity index (χ0) is 15.6. The maximum absolute atomic E-state index is 12.3. The summed E-state index contributed by atoms with van der Waals surface area (Å²) in [5, 5.41) is 0.116. The Kier molecular flexibility index (Phi) is 4.72. The maximum Gasteiger partial charge on any atom is 0.263 e. The number of aromatic nitrogens is 1. The summed E-state index contributed by atoms with van der Waals surface area (Å²) in [5.41, 5.74) is 3.71. The first-order valence-electron chi connectivity index (χ1n) is 5.74. The van der Waals surface area contributed by atoms with Gasteiger partial charge >= 0.3 is 0 Å². The highest BCUT2D eigenvalue weighted by Crippen LogP contribution is 2.25. The van der Waals surface area contributed by atoms with Gasteiger partial charge in [0.05, 0.1) is 5.02 Å². The largest absolute Gasteiger partial charge is 0.307 e. The number of halogens is 2. The number of hydrogen-bond donors (Lipinski definition) is 3. The number of nitrogen functional groups attached to an aromatic ring is 1. The first-order chi connectivity index (χ1) is 9.83. The van der Waals surface area contributed by atoms with E-state index in [-0.39, 0.29) is 15.7 Å². The molecule has 0 aliphatic carbocycles. The summed E-state index contributed by atoms with van der Waals surface area (Å²) in [6, 6.07) is 6.42. The quantitative estimate of drug-likeness (QED) is 0.550. The molecule has 4 N–H and O–H groups in total. The number of aryl methyl sites for hydroxylation is 1. The molecular weight excluding hydrogens is 380 g/mol. The van der Waals surface area contributed by atoms with Crippen molar-refractivity contribution in [3.8, 4) is 0 Å².